The number of hydrogen-bond donors (Lipinski definition) is 1. The van der Waals surface area contributed by atoms with E-state index in [1.807, 2.05) is 37.2 Å². The monoisotopic (exact) mass is 313 g/mol. The van der Waals surface area contributed by atoms with Crippen LogP contribution in [0.5, 0.6) is 5.75 Å². The molecule has 0 saturated carbocycles. The molecule has 1 N–H and O–H groups in total. The zero-order chi connectivity index (χ0) is 16.7. The topological polar surface area (TPSA) is 32.7 Å². The van der Waals surface area contributed by atoms with Crippen LogP contribution in [0.25, 0.3) is 0 Å². The summed E-state index contributed by atoms with van der Waals surface area (Å²) < 4.78 is 5.84. The smallest absolute Gasteiger partial charge is 0.122 e. The van der Waals surface area contributed by atoms with Gasteiger partial charge in [0.15, 0.2) is 0 Å². The average molecular weight is 313 g/mol. The number of hydrogen-bond acceptors (Lipinski definition) is 3. The third-order valence-electron chi connectivity index (χ3n) is 3.75. The summed E-state index contributed by atoms with van der Waals surface area (Å²) in [6, 6.07) is 16.7. The first-order chi connectivity index (χ1) is 11.0. The Morgan fingerprint density at radius 1 is 1.04 bits per heavy atom. The molecule has 0 amide bonds. The molecule has 1 atom stereocenters. The molecule has 2 aromatic carbocycles. The highest BCUT2D eigenvalue weighted by molar-refractivity contribution is 5.34. The Labute approximate surface area is 139 Å². The number of aliphatic hydroxyl groups excluding tert-OH is 1. The van der Waals surface area contributed by atoms with E-state index in [0.717, 1.165) is 18.6 Å². The maximum Gasteiger partial charge on any atom is 0.122 e. The van der Waals surface area contributed by atoms with Crippen LogP contribution in [0.2, 0.25) is 0 Å². The maximum absolute atomic E-state index is 9.94. The van der Waals surface area contributed by atoms with E-state index >= 15 is 0 Å². The molecular formula is C20H27NO2. The Balaban J connectivity index is 1.94. The first-order valence-electron chi connectivity index (χ1n) is 8.13. The average Bonchev–Trinajstić information content (AvgIpc) is 2.51. The van der Waals surface area contributed by atoms with Crippen molar-refractivity contribution in [2.24, 2.45) is 0 Å². The van der Waals surface area contributed by atoms with E-state index in [1.165, 1.54) is 16.7 Å². The molecule has 0 aliphatic heterocycles. The molecule has 0 radical (unpaired) electrons. The number of aryl methyl sites for hydroxylation is 3. The highest BCUT2D eigenvalue weighted by atomic mass is 16.5. The van der Waals surface area contributed by atoms with Crippen molar-refractivity contribution in [3.63, 3.8) is 0 Å². The van der Waals surface area contributed by atoms with Gasteiger partial charge in [-0.25, -0.2) is 0 Å². The summed E-state index contributed by atoms with van der Waals surface area (Å²) in [4.78, 5) is 1.96. The number of benzene rings is 2. The van der Waals surface area contributed by atoms with Crippen LogP contribution in [0.15, 0.2) is 48.5 Å². The second kappa shape index (κ2) is 8.70. The summed E-state index contributed by atoms with van der Waals surface area (Å²) in [5.41, 5.74) is 3.82. The zero-order valence-electron chi connectivity index (χ0n) is 14.3. The van der Waals surface area contributed by atoms with Crippen LogP contribution in [-0.2, 0) is 12.8 Å². The van der Waals surface area contributed by atoms with E-state index in [4.69, 9.17) is 4.74 Å². The predicted octanol–water partition coefficient (Wildman–Crippen LogP) is 3.08. The van der Waals surface area contributed by atoms with Gasteiger partial charge in [0, 0.05) is 6.54 Å². The van der Waals surface area contributed by atoms with Crippen LogP contribution in [-0.4, -0.2) is 43.4 Å². The van der Waals surface area contributed by atoms with Crippen molar-refractivity contribution < 1.29 is 9.84 Å². The highest BCUT2D eigenvalue weighted by Gasteiger charge is 2.09. The largest absolute Gasteiger partial charge is 0.491 e. The van der Waals surface area contributed by atoms with Gasteiger partial charge in [0.1, 0.15) is 18.5 Å². The van der Waals surface area contributed by atoms with Gasteiger partial charge in [0.25, 0.3) is 0 Å². The summed E-state index contributed by atoms with van der Waals surface area (Å²) >= 11 is 0. The van der Waals surface area contributed by atoms with E-state index in [0.29, 0.717) is 13.2 Å². The second-order valence-corrected chi connectivity index (χ2v) is 6.32. The molecule has 0 aliphatic carbocycles. The van der Waals surface area contributed by atoms with Crippen LogP contribution in [0.1, 0.15) is 16.7 Å². The normalized spacial score (nSPS) is 12.4. The maximum atomic E-state index is 9.94. The molecule has 2 aromatic rings. The van der Waals surface area contributed by atoms with Crippen LogP contribution in [0, 0.1) is 6.92 Å². The molecule has 0 saturated heterocycles. The summed E-state index contributed by atoms with van der Waals surface area (Å²) in [6.45, 7) is 3.04. The standard InChI is InChI=1S/C20H27NO2/c1-16-7-6-8-17(13-16)11-12-18-9-4-5-10-20(18)23-15-19(22)14-21(2)3/h4-10,13,19,22H,11-12,14-15H2,1-3H3. The highest BCUT2D eigenvalue weighted by Crippen LogP contribution is 2.20. The fourth-order valence-corrected chi connectivity index (χ4v) is 2.66. The van der Waals surface area contributed by atoms with Crippen molar-refractivity contribution in [3.8, 4) is 5.75 Å². The molecule has 1 unspecified atom stereocenters. The molecule has 0 fully saturated rings. The third kappa shape index (κ3) is 6.05. The molecule has 0 aromatic heterocycles. The first-order valence-corrected chi connectivity index (χ1v) is 8.13. The van der Waals surface area contributed by atoms with Gasteiger partial charge in [0.2, 0.25) is 0 Å². The van der Waals surface area contributed by atoms with E-state index in [1.54, 1.807) is 0 Å². The van der Waals surface area contributed by atoms with Crippen LogP contribution in [0.3, 0.4) is 0 Å². The number of aliphatic hydroxyl groups is 1. The van der Waals surface area contributed by atoms with Crippen LogP contribution >= 0.6 is 0 Å². The number of nitrogens with zero attached hydrogens (tertiary/aromatic N) is 1. The first kappa shape index (κ1) is 17.5. The van der Waals surface area contributed by atoms with Crippen molar-refractivity contribution in [2.45, 2.75) is 25.9 Å². The molecule has 23 heavy (non-hydrogen) atoms. The Kier molecular flexibility index (Phi) is 6.63. The lowest BCUT2D eigenvalue weighted by Crippen LogP contribution is -2.30. The van der Waals surface area contributed by atoms with Crippen molar-refractivity contribution >= 4 is 0 Å². The summed E-state index contributed by atoms with van der Waals surface area (Å²) in [5, 5.41) is 9.94. The number of ether oxygens (including phenoxy) is 1. The minimum absolute atomic E-state index is 0.319. The SMILES string of the molecule is Cc1cccc(CCc2ccccc2OCC(O)CN(C)C)c1. The molecule has 3 heteroatoms. The molecule has 124 valence electrons. The van der Waals surface area contributed by atoms with Crippen molar-refractivity contribution in [1.82, 2.24) is 4.90 Å². The molecule has 0 spiro atoms. The van der Waals surface area contributed by atoms with E-state index in [2.05, 4.69) is 37.3 Å². The molecular weight excluding hydrogens is 286 g/mol. The second-order valence-electron chi connectivity index (χ2n) is 6.32. The van der Waals surface area contributed by atoms with Gasteiger partial charge in [-0.1, -0.05) is 48.0 Å². The minimum atomic E-state index is -0.477. The molecule has 3 nitrogen and oxygen atoms in total. The van der Waals surface area contributed by atoms with Gasteiger partial charge < -0.3 is 14.7 Å². The Bertz CT molecular complexity index is 610. The van der Waals surface area contributed by atoms with Crippen LogP contribution in [0.4, 0.5) is 0 Å². The van der Waals surface area contributed by atoms with Gasteiger partial charge in [-0.05, 0) is 51.1 Å². The fourth-order valence-electron chi connectivity index (χ4n) is 2.66. The van der Waals surface area contributed by atoms with Crippen LogP contribution < -0.4 is 4.74 Å². The van der Waals surface area contributed by atoms with E-state index in [9.17, 15) is 5.11 Å². The minimum Gasteiger partial charge on any atom is -0.491 e. The van der Waals surface area contributed by atoms with Crippen molar-refractivity contribution in [2.75, 3.05) is 27.2 Å². The summed E-state index contributed by atoms with van der Waals surface area (Å²) in [5.74, 6) is 0.873. The van der Waals surface area contributed by atoms with Gasteiger partial charge in [-0.2, -0.15) is 0 Å². The van der Waals surface area contributed by atoms with Crippen molar-refractivity contribution in [3.05, 3.63) is 65.2 Å². The number of likely N-dealkylation sites (N-methyl/N-ethyl adjacent to an activating group) is 1. The number of rotatable bonds is 8. The zero-order valence-corrected chi connectivity index (χ0v) is 14.3. The number of para-hydroxylation sites is 1. The quantitative estimate of drug-likeness (QED) is 0.813. The van der Waals surface area contributed by atoms with Gasteiger partial charge in [-0.3, -0.25) is 0 Å². The predicted molar refractivity (Wildman–Crippen MR) is 95.1 cm³/mol. The van der Waals surface area contributed by atoms with Crippen molar-refractivity contribution in [1.29, 1.82) is 0 Å². The summed E-state index contributed by atoms with van der Waals surface area (Å²) in [6.07, 6.45) is 1.45. The third-order valence-corrected chi connectivity index (χ3v) is 3.75. The lowest BCUT2D eigenvalue weighted by atomic mass is 10.0. The molecule has 0 heterocycles. The lowest BCUT2D eigenvalue weighted by molar-refractivity contribution is 0.0827. The van der Waals surface area contributed by atoms with E-state index in [-0.39, 0.29) is 0 Å². The Hall–Kier alpha value is -1.84. The lowest BCUT2D eigenvalue weighted by Gasteiger charge is -2.18. The fraction of sp³-hybridized carbons (Fsp3) is 0.400. The molecule has 0 bridgehead atoms. The Morgan fingerprint density at radius 3 is 2.57 bits per heavy atom. The Morgan fingerprint density at radius 2 is 1.83 bits per heavy atom. The molecule has 2 rings (SSSR count). The van der Waals surface area contributed by atoms with Gasteiger partial charge in [-0.15, -0.1) is 0 Å². The van der Waals surface area contributed by atoms with Gasteiger partial charge >= 0.3 is 0 Å². The van der Waals surface area contributed by atoms with Gasteiger partial charge in [0.05, 0.1) is 0 Å². The van der Waals surface area contributed by atoms with E-state index < -0.39 is 6.10 Å². The summed E-state index contributed by atoms with van der Waals surface area (Å²) in [7, 11) is 3.89. The molecule has 0 aliphatic rings.